The Kier molecular flexibility index (Phi) is 22.1. The largest absolute Gasteiger partial charge is 1.00 e. The highest BCUT2D eigenvalue weighted by Crippen LogP contribution is 2.14. The van der Waals surface area contributed by atoms with Crippen molar-refractivity contribution in [1.82, 2.24) is 4.90 Å². The van der Waals surface area contributed by atoms with E-state index < -0.39 is 0 Å². The molecule has 2 nitrogen and oxygen atoms in total. The average Bonchev–Trinajstić information content (AvgIpc) is 3.12. The molecule has 28 heavy (non-hydrogen) atoms. The van der Waals surface area contributed by atoms with E-state index in [0.29, 0.717) is 0 Å². The molecular weight excluding hydrogens is 364 g/mol. The van der Waals surface area contributed by atoms with Crippen LogP contribution in [-0.4, -0.2) is 30.7 Å². The van der Waals surface area contributed by atoms with E-state index >= 15 is 0 Å². The Bertz CT molecular complexity index is 270. The first-order valence-electron chi connectivity index (χ1n) is 13.0. The molecule has 1 fully saturated rings. The molecule has 0 aliphatic carbocycles. The Hall–Kier alpha value is 0.210. The van der Waals surface area contributed by atoms with Crippen molar-refractivity contribution in [2.75, 3.05) is 19.6 Å². The fourth-order valence-electron chi connectivity index (χ4n) is 4.62. The molecule has 0 aromatic heterocycles. The van der Waals surface area contributed by atoms with Crippen molar-refractivity contribution in [2.24, 2.45) is 0 Å². The van der Waals surface area contributed by atoms with Crippen LogP contribution in [0.2, 0.25) is 0 Å². The van der Waals surface area contributed by atoms with Gasteiger partial charge in [0.15, 0.2) is 0 Å². The van der Waals surface area contributed by atoms with Gasteiger partial charge in [0.25, 0.3) is 0 Å². The van der Waals surface area contributed by atoms with Gasteiger partial charge < -0.3 is 17.7 Å². The molecule has 170 valence electrons. The summed E-state index contributed by atoms with van der Waals surface area (Å²) in [6, 6.07) is 0. The standard InChI is InChI=1S/C25H52N2.ClH/c1-3-5-7-9-11-13-15-17-19-21-25-26-22-24-27(25)23-20-18-16-14-12-10-8-6-4-2;/h25-26H,3-24H2,1-2H3;1H. The normalized spacial score (nSPS) is 17.1. The van der Waals surface area contributed by atoms with Crippen LogP contribution in [0.15, 0.2) is 0 Å². The maximum Gasteiger partial charge on any atom is 0.142 e. The van der Waals surface area contributed by atoms with Crippen LogP contribution in [0.3, 0.4) is 0 Å². The van der Waals surface area contributed by atoms with Crippen molar-refractivity contribution in [3.8, 4) is 0 Å². The Labute approximate surface area is 184 Å². The molecule has 1 unspecified atom stereocenters. The third-order valence-electron chi connectivity index (χ3n) is 6.48. The van der Waals surface area contributed by atoms with Crippen molar-refractivity contribution in [2.45, 2.75) is 142 Å². The van der Waals surface area contributed by atoms with Gasteiger partial charge >= 0.3 is 0 Å². The summed E-state index contributed by atoms with van der Waals surface area (Å²) >= 11 is 0. The second-order valence-electron chi connectivity index (χ2n) is 9.07. The van der Waals surface area contributed by atoms with Gasteiger partial charge in [0.05, 0.1) is 13.1 Å². The lowest BCUT2D eigenvalue weighted by atomic mass is 10.1. The fraction of sp³-hybridized carbons (Fsp3) is 1.00. The highest BCUT2D eigenvalue weighted by Gasteiger charge is 2.26. The zero-order valence-electron chi connectivity index (χ0n) is 19.5. The molecule has 0 aromatic carbocycles. The van der Waals surface area contributed by atoms with Gasteiger partial charge in [-0.2, -0.15) is 0 Å². The molecule has 1 saturated heterocycles. The lowest BCUT2D eigenvalue weighted by molar-refractivity contribution is -0.680. The maximum absolute atomic E-state index is 2.78. The van der Waals surface area contributed by atoms with E-state index in [9.17, 15) is 0 Å². The average molecular weight is 417 g/mol. The summed E-state index contributed by atoms with van der Waals surface area (Å²) in [5.41, 5.74) is 0. The first-order chi connectivity index (χ1) is 13.4. The Morgan fingerprint density at radius 1 is 0.607 bits per heavy atom. The van der Waals surface area contributed by atoms with Crippen molar-refractivity contribution in [1.29, 1.82) is 0 Å². The molecule has 0 amide bonds. The second kappa shape index (κ2) is 21.9. The molecule has 0 radical (unpaired) electrons. The Balaban J connectivity index is 0.00000729. The summed E-state index contributed by atoms with van der Waals surface area (Å²) in [6.07, 6.45) is 28.3. The Morgan fingerprint density at radius 2 is 1.04 bits per heavy atom. The van der Waals surface area contributed by atoms with Crippen molar-refractivity contribution >= 4 is 0 Å². The van der Waals surface area contributed by atoms with E-state index in [1.807, 2.05) is 0 Å². The number of hydrogen-bond donors (Lipinski definition) is 1. The van der Waals surface area contributed by atoms with Gasteiger partial charge in [0.1, 0.15) is 6.17 Å². The number of quaternary nitrogens is 1. The Morgan fingerprint density at radius 3 is 1.54 bits per heavy atom. The van der Waals surface area contributed by atoms with Crippen LogP contribution in [0.5, 0.6) is 0 Å². The zero-order valence-corrected chi connectivity index (χ0v) is 20.3. The van der Waals surface area contributed by atoms with E-state index in [-0.39, 0.29) is 12.4 Å². The van der Waals surface area contributed by atoms with Crippen LogP contribution in [0, 0.1) is 0 Å². The molecule has 3 heteroatoms. The molecule has 0 bridgehead atoms. The molecule has 1 rings (SSSR count). The summed E-state index contributed by atoms with van der Waals surface area (Å²) in [6.45, 7) is 8.63. The highest BCUT2D eigenvalue weighted by atomic mass is 35.5. The summed E-state index contributed by atoms with van der Waals surface area (Å²) in [5, 5.41) is 2.61. The minimum absolute atomic E-state index is 0. The third kappa shape index (κ3) is 16.1. The first kappa shape index (κ1) is 28.2. The van der Waals surface area contributed by atoms with Crippen molar-refractivity contribution in [3.05, 3.63) is 0 Å². The predicted octanol–water partition coefficient (Wildman–Crippen LogP) is 3.65. The summed E-state index contributed by atoms with van der Waals surface area (Å²) < 4.78 is 0. The molecule has 2 N–H and O–H groups in total. The van der Waals surface area contributed by atoms with E-state index in [2.05, 4.69) is 24.1 Å². The van der Waals surface area contributed by atoms with Crippen LogP contribution < -0.4 is 17.7 Å². The van der Waals surface area contributed by atoms with Gasteiger partial charge in [0.2, 0.25) is 0 Å². The monoisotopic (exact) mass is 416 g/mol. The number of rotatable bonds is 20. The van der Waals surface area contributed by atoms with E-state index in [1.165, 1.54) is 142 Å². The second-order valence-corrected chi connectivity index (χ2v) is 9.07. The molecule has 1 aliphatic rings. The van der Waals surface area contributed by atoms with Crippen LogP contribution >= 0.6 is 0 Å². The van der Waals surface area contributed by atoms with E-state index in [0.717, 1.165) is 6.17 Å². The van der Waals surface area contributed by atoms with Crippen molar-refractivity contribution in [3.63, 3.8) is 0 Å². The van der Waals surface area contributed by atoms with Crippen LogP contribution in [0.25, 0.3) is 0 Å². The van der Waals surface area contributed by atoms with Gasteiger partial charge in [-0.25, -0.2) is 4.90 Å². The first-order valence-corrected chi connectivity index (χ1v) is 13.0. The molecule has 0 spiro atoms. The van der Waals surface area contributed by atoms with Gasteiger partial charge in [0, 0.05) is 13.0 Å². The third-order valence-corrected chi connectivity index (χ3v) is 6.48. The van der Waals surface area contributed by atoms with Gasteiger partial charge in [-0.1, -0.05) is 117 Å². The molecule has 1 aliphatic heterocycles. The topological polar surface area (TPSA) is 19.9 Å². The zero-order chi connectivity index (χ0) is 19.4. The number of nitrogens with zero attached hydrogens (tertiary/aromatic N) is 1. The van der Waals surface area contributed by atoms with Crippen LogP contribution in [-0.2, 0) is 0 Å². The molecular formula is C25H53ClN2. The van der Waals surface area contributed by atoms with Gasteiger partial charge in [-0.15, -0.1) is 0 Å². The lowest BCUT2D eigenvalue weighted by Gasteiger charge is -2.20. The number of halogens is 1. The maximum atomic E-state index is 2.78. The van der Waals surface area contributed by atoms with Crippen LogP contribution in [0.4, 0.5) is 0 Å². The van der Waals surface area contributed by atoms with Crippen LogP contribution in [0.1, 0.15) is 136 Å². The minimum atomic E-state index is 0. The summed E-state index contributed by atoms with van der Waals surface area (Å²) in [4.78, 5) is 2.78. The summed E-state index contributed by atoms with van der Waals surface area (Å²) in [5.74, 6) is 0. The van der Waals surface area contributed by atoms with Gasteiger partial charge in [-0.3, -0.25) is 0 Å². The SMILES string of the molecule is CCCCCCCCCCCC1[NH2+]CCN1CCCCCCCCCCC.[Cl-]. The highest BCUT2D eigenvalue weighted by molar-refractivity contribution is 4.66. The summed E-state index contributed by atoms with van der Waals surface area (Å²) in [7, 11) is 0. The predicted molar refractivity (Wildman–Crippen MR) is 121 cm³/mol. The van der Waals surface area contributed by atoms with E-state index in [4.69, 9.17) is 0 Å². The smallest absolute Gasteiger partial charge is 0.142 e. The molecule has 0 saturated carbocycles. The molecule has 1 heterocycles. The number of unbranched alkanes of at least 4 members (excludes halogenated alkanes) is 16. The lowest BCUT2D eigenvalue weighted by Crippen LogP contribution is -3.00. The molecule has 0 aromatic rings. The van der Waals surface area contributed by atoms with E-state index in [1.54, 1.807) is 0 Å². The number of nitrogens with two attached hydrogens (primary N) is 1. The minimum Gasteiger partial charge on any atom is -1.00 e. The fourth-order valence-corrected chi connectivity index (χ4v) is 4.62. The van der Waals surface area contributed by atoms with Gasteiger partial charge in [-0.05, 0) is 12.8 Å². The number of hydrogen-bond acceptors (Lipinski definition) is 1. The van der Waals surface area contributed by atoms with Crippen molar-refractivity contribution < 1.29 is 17.7 Å². The molecule has 1 atom stereocenters. The quantitative estimate of drug-likeness (QED) is 0.300.